The molecule has 0 aliphatic rings. The Labute approximate surface area is 134 Å². The van der Waals surface area contributed by atoms with Crippen molar-refractivity contribution in [2.75, 3.05) is 7.11 Å². The van der Waals surface area contributed by atoms with Gasteiger partial charge < -0.3 is 4.74 Å². The number of thiophene rings is 1. The molecule has 0 bridgehead atoms. The maximum absolute atomic E-state index is 5.17. The zero-order valence-electron chi connectivity index (χ0n) is 12.6. The lowest BCUT2D eigenvalue weighted by Gasteiger charge is -2.03. The van der Waals surface area contributed by atoms with Gasteiger partial charge in [-0.15, -0.1) is 11.3 Å². The Morgan fingerprint density at radius 3 is 2.45 bits per heavy atom. The number of hydrogen-bond acceptors (Lipinski definition) is 3. The quantitative estimate of drug-likeness (QED) is 0.652. The van der Waals surface area contributed by atoms with E-state index in [1.807, 2.05) is 31.2 Å². The van der Waals surface area contributed by atoms with Gasteiger partial charge in [-0.3, -0.25) is 4.98 Å². The van der Waals surface area contributed by atoms with Crippen molar-refractivity contribution in [1.82, 2.24) is 4.98 Å². The lowest BCUT2D eigenvalue weighted by molar-refractivity contribution is 0.415. The molecule has 3 aromatic rings. The number of rotatable bonds is 4. The zero-order chi connectivity index (χ0) is 15.4. The smallest absolute Gasteiger partial charge is 0.118 e. The van der Waals surface area contributed by atoms with Gasteiger partial charge in [-0.1, -0.05) is 30.4 Å². The molecular formula is C19H17NOS. The topological polar surface area (TPSA) is 22.1 Å². The Kier molecular flexibility index (Phi) is 4.35. The van der Waals surface area contributed by atoms with Gasteiger partial charge in [-0.25, -0.2) is 0 Å². The van der Waals surface area contributed by atoms with Gasteiger partial charge in [-0.2, -0.15) is 0 Å². The summed E-state index contributed by atoms with van der Waals surface area (Å²) in [7, 11) is 1.68. The molecular weight excluding hydrogens is 290 g/mol. The predicted molar refractivity (Wildman–Crippen MR) is 94.2 cm³/mol. The van der Waals surface area contributed by atoms with Crippen molar-refractivity contribution in [1.29, 1.82) is 0 Å². The summed E-state index contributed by atoms with van der Waals surface area (Å²) in [4.78, 5) is 5.81. The van der Waals surface area contributed by atoms with Crippen LogP contribution < -0.4 is 4.74 Å². The summed E-state index contributed by atoms with van der Waals surface area (Å²) in [6, 6.07) is 16.4. The van der Waals surface area contributed by atoms with Gasteiger partial charge in [0.15, 0.2) is 0 Å². The van der Waals surface area contributed by atoms with Crippen LogP contribution in [0.3, 0.4) is 0 Å². The van der Waals surface area contributed by atoms with Crippen molar-refractivity contribution in [3.05, 3.63) is 70.7 Å². The minimum atomic E-state index is 0.872. The molecule has 2 nitrogen and oxygen atoms in total. The van der Waals surface area contributed by atoms with E-state index in [2.05, 4.69) is 46.8 Å². The highest BCUT2D eigenvalue weighted by atomic mass is 32.1. The standard InChI is InChI=1S/C19H17NOS/c1-14-12-16(13-18(20-14)19-4-3-11-22-19)6-5-15-7-9-17(21-2)10-8-15/h3-13H,1-2H3/b6-5+. The van der Waals surface area contributed by atoms with Crippen LogP contribution in [-0.2, 0) is 0 Å². The van der Waals surface area contributed by atoms with Crippen LogP contribution in [0.2, 0.25) is 0 Å². The van der Waals surface area contributed by atoms with Crippen LogP contribution in [0.25, 0.3) is 22.7 Å². The van der Waals surface area contributed by atoms with Crippen LogP contribution in [0.5, 0.6) is 5.75 Å². The van der Waals surface area contributed by atoms with Crippen LogP contribution in [0.1, 0.15) is 16.8 Å². The average molecular weight is 307 g/mol. The molecule has 0 saturated carbocycles. The first-order valence-corrected chi connectivity index (χ1v) is 7.97. The highest BCUT2D eigenvalue weighted by molar-refractivity contribution is 7.13. The fourth-order valence-corrected chi connectivity index (χ4v) is 2.94. The van der Waals surface area contributed by atoms with Crippen molar-refractivity contribution in [3.63, 3.8) is 0 Å². The molecule has 1 aromatic carbocycles. The molecule has 0 amide bonds. The van der Waals surface area contributed by atoms with Crippen LogP contribution >= 0.6 is 11.3 Å². The number of aromatic nitrogens is 1. The zero-order valence-corrected chi connectivity index (χ0v) is 13.4. The fourth-order valence-electron chi connectivity index (χ4n) is 2.25. The number of nitrogens with zero attached hydrogens (tertiary/aromatic N) is 1. The largest absolute Gasteiger partial charge is 0.497 e. The van der Waals surface area contributed by atoms with Crippen molar-refractivity contribution in [2.45, 2.75) is 6.92 Å². The summed E-state index contributed by atoms with van der Waals surface area (Å²) in [5.41, 5.74) is 4.37. The van der Waals surface area contributed by atoms with Crippen LogP contribution in [0.4, 0.5) is 0 Å². The van der Waals surface area contributed by atoms with Gasteiger partial charge in [0.1, 0.15) is 5.75 Å². The average Bonchev–Trinajstić information content (AvgIpc) is 3.07. The normalized spacial score (nSPS) is 11.0. The Bertz CT molecular complexity index is 774. The lowest BCUT2D eigenvalue weighted by Crippen LogP contribution is -1.87. The summed E-state index contributed by atoms with van der Waals surface area (Å²) >= 11 is 1.71. The molecule has 0 atom stereocenters. The number of methoxy groups -OCH3 is 1. The summed E-state index contributed by atoms with van der Waals surface area (Å²) in [6.07, 6.45) is 4.22. The second kappa shape index (κ2) is 6.58. The Hall–Kier alpha value is -2.39. The Balaban J connectivity index is 1.86. The lowest BCUT2D eigenvalue weighted by atomic mass is 10.1. The Morgan fingerprint density at radius 2 is 1.77 bits per heavy atom. The molecule has 0 saturated heterocycles. The molecule has 22 heavy (non-hydrogen) atoms. The maximum Gasteiger partial charge on any atom is 0.118 e. The summed E-state index contributed by atoms with van der Waals surface area (Å²) in [6.45, 7) is 2.03. The van der Waals surface area contributed by atoms with E-state index in [9.17, 15) is 0 Å². The van der Waals surface area contributed by atoms with E-state index in [0.29, 0.717) is 0 Å². The van der Waals surface area contributed by atoms with Crippen molar-refractivity contribution in [2.24, 2.45) is 0 Å². The monoisotopic (exact) mass is 307 g/mol. The third-order valence-electron chi connectivity index (χ3n) is 3.33. The van der Waals surface area contributed by atoms with E-state index in [1.165, 1.54) is 4.88 Å². The molecule has 0 fully saturated rings. The summed E-state index contributed by atoms with van der Waals surface area (Å²) in [5.74, 6) is 0.872. The second-order valence-electron chi connectivity index (χ2n) is 5.01. The van der Waals surface area contributed by atoms with Crippen LogP contribution in [0.15, 0.2) is 53.9 Å². The van der Waals surface area contributed by atoms with Gasteiger partial charge in [0, 0.05) is 5.69 Å². The van der Waals surface area contributed by atoms with Crippen LogP contribution in [-0.4, -0.2) is 12.1 Å². The van der Waals surface area contributed by atoms with Gasteiger partial charge in [0.2, 0.25) is 0 Å². The third-order valence-corrected chi connectivity index (χ3v) is 4.23. The molecule has 3 rings (SSSR count). The maximum atomic E-state index is 5.17. The first-order valence-electron chi connectivity index (χ1n) is 7.09. The summed E-state index contributed by atoms with van der Waals surface area (Å²) in [5, 5.41) is 2.08. The first kappa shape index (κ1) is 14.5. The van der Waals surface area contributed by atoms with Gasteiger partial charge in [0.25, 0.3) is 0 Å². The highest BCUT2D eigenvalue weighted by Crippen LogP contribution is 2.25. The highest BCUT2D eigenvalue weighted by Gasteiger charge is 2.02. The first-order chi connectivity index (χ1) is 10.7. The molecule has 0 aliphatic heterocycles. The SMILES string of the molecule is COc1ccc(/C=C/c2cc(C)nc(-c3cccs3)c2)cc1. The van der Waals surface area contributed by atoms with Gasteiger partial charge in [0.05, 0.1) is 17.7 Å². The molecule has 2 heterocycles. The molecule has 0 spiro atoms. The Morgan fingerprint density at radius 1 is 1.00 bits per heavy atom. The van der Waals surface area contributed by atoms with Crippen molar-refractivity contribution >= 4 is 23.5 Å². The summed E-state index contributed by atoms with van der Waals surface area (Å²) < 4.78 is 5.17. The molecule has 3 heteroatoms. The van der Waals surface area contributed by atoms with E-state index >= 15 is 0 Å². The van der Waals surface area contributed by atoms with Crippen molar-refractivity contribution in [3.8, 4) is 16.3 Å². The predicted octanol–water partition coefficient (Wildman–Crippen LogP) is 5.30. The minimum absolute atomic E-state index is 0.872. The molecule has 2 aromatic heterocycles. The van der Waals surface area contributed by atoms with Gasteiger partial charge >= 0.3 is 0 Å². The van der Waals surface area contributed by atoms with Gasteiger partial charge in [-0.05, 0) is 53.8 Å². The molecule has 0 unspecified atom stereocenters. The second-order valence-corrected chi connectivity index (χ2v) is 5.96. The van der Waals surface area contributed by atoms with E-state index < -0.39 is 0 Å². The van der Waals surface area contributed by atoms with E-state index in [1.54, 1.807) is 18.4 Å². The van der Waals surface area contributed by atoms with Crippen molar-refractivity contribution < 1.29 is 4.74 Å². The van der Waals surface area contributed by atoms with E-state index in [-0.39, 0.29) is 0 Å². The number of hydrogen-bond donors (Lipinski definition) is 0. The minimum Gasteiger partial charge on any atom is -0.497 e. The number of ether oxygens (including phenoxy) is 1. The third kappa shape index (κ3) is 3.43. The van der Waals surface area contributed by atoms with E-state index in [0.717, 1.165) is 28.3 Å². The molecule has 0 N–H and O–H groups in total. The number of aryl methyl sites for hydroxylation is 1. The molecule has 110 valence electrons. The molecule has 0 radical (unpaired) electrons. The van der Waals surface area contributed by atoms with Crippen LogP contribution in [0, 0.1) is 6.92 Å². The number of pyridine rings is 1. The number of benzene rings is 1. The fraction of sp³-hybridized carbons (Fsp3) is 0.105. The molecule has 0 aliphatic carbocycles. The van der Waals surface area contributed by atoms with E-state index in [4.69, 9.17) is 4.74 Å².